The number of tetrazole rings is 1. The summed E-state index contributed by atoms with van der Waals surface area (Å²) in [6.45, 7) is 5.33. The van der Waals surface area contributed by atoms with E-state index in [1.54, 1.807) is 11.0 Å². The number of imidazole rings is 1. The van der Waals surface area contributed by atoms with Crippen LogP contribution in [-0.4, -0.2) is 46.1 Å². The maximum Gasteiger partial charge on any atom is 0.204 e. The van der Waals surface area contributed by atoms with E-state index in [4.69, 9.17) is 5.10 Å². The molecule has 0 bridgehead atoms. The lowest BCUT2D eigenvalue weighted by molar-refractivity contribution is 0.476. The quantitative estimate of drug-likeness (QED) is 0.565. The molecule has 3 aromatic heterocycles. The molecule has 1 N–H and O–H groups in total. The molecule has 0 aliphatic carbocycles. The van der Waals surface area contributed by atoms with Crippen molar-refractivity contribution >= 4 is 12.4 Å². The first-order chi connectivity index (χ1) is 13.3. The summed E-state index contributed by atoms with van der Waals surface area (Å²) in [6.07, 6.45) is 3.74. The lowest BCUT2D eigenvalue weighted by atomic mass is 10.2. The van der Waals surface area contributed by atoms with Crippen molar-refractivity contribution in [2.45, 2.75) is 26.6 Å². The monoisotopic (exact) mass is 397 g/mol. The third-order valence-electron chi connectivity index (χ3n) is 4.66. The molecule has 9 nitrogen and oxygen atoms in total. The number of hydrogen-bond donors (Lipinski definition) is 1. The van der Waals surface area contributed by atoms with Gasteiger partial charge in [-0.15, -0.1) is 22.6 Å². The van der Waals surface area contributed by atoms with Crippen LogP contribution in [0.3, 0.4) is 0 Å². The minimum absolute atomic E-state index is 0. The number of fused-ring (bicyclic) bond motifs is 1. The zero-order chi connectivity index (χ0) is 18.2. The summed E-state index contributed by atoms with van der Waals surface area (Å²) in [7, 11) is 0. The Morgan fingerprint density at radius 3 is 2.93 bits per heavy atom. The molecule has 1 aliphatic heterocycles. The molecule has 1 aromatic carbocycles. The van der Waals surface area contributed by atoms with Crippen LogP contribution < -0.4 is 5.32 Å². The molecule has 0 spiro atoms. The van der Waals surface area contributed by atoms with Crippen molar-refractivity contribution in [3.05, 3.63) is 48.4 Å². The Bertz CT molecular complexity index is 1070. The van der Waals surface area contributed by atoms with E-state index in [1.807, 2.05) is 46.6 Å². The van der Waals surface area contributed by atoms with Crippen molar-refractivity contribution in [3.63, 3.8) is 0 Å². The lowest BCUT2D eigenvalue weighted by Crippen LogP contribution is -2.28. The van der Waals surface area contributed by atoms with Gasteiger partial charge in [-0.3, -0.25) is 9.25 Å². The van der Waals surface area contributed by atoms with Crippen LogP contribution in [0.2, 0.25) is 0 Å². The minimum Gasteiger partial charge on any atom is -0.309 e. The third kappa shape index (κ3) is 3.19. The second-order valence-electron chi connectivity index (χ2n) is 6.39. The smallest absolute Gasteiger partial charge is 0.204 e. The van der Waals surface area contributed by atoms with Gasteiger partial charge < -0.3 is 5.32 Å². The van der Waals surface area contributed by atoms with Gasteiger partial charge in [0.2, 0.25) is 5.82 Å². The summed E-state index contributed by atoms with van der Waals surface area (Å²) in [6, 6.07) is 10.2. The van der Waals surface area contributed by atoms with Crippen molar-refractivity contribution in [1.29, 1.82) is 0 Å². The van der Waals surface area contributed by atoms with Crippen molar-refractivity contribution in [2.75, 3.05) is 6.54 Å². The number of halogens is 1. The number of aromatic nitrogens is 8. The van der Waals surface area contributed by atoms with Crippen molar-refractivity contribution in [1.82, 2.24) is 44.9 Å². The van der Waals surface area contributed by atoms with Crippen LogP contribution >= 0.6 is 12.4 Å². The molecule has 0 fully saturated rings. The zero-order valence-electron chi connectivity index (χ0n) is 15.4. The molecule has 4 heterocycles. The van der Waals surface area contributed by atoms with Crippen LogP contribution in [0.1, 0.15) is 12.6 Å². The predicted octanol–water partition coefficient (Wildman–Crippen LogP) is 1.93. The van der Waals surface area contributed by atoms with E-state index in [9.17, 15) is 0 Å². The average Bonchev–Trinajstić information content (AvgIpc) is 3.46. The molecule has 144 valence electrons. The Labute approximate surface area is 167 Å². The molecule has 0 unspecified atom stereocenters. The number of aryl methyl sites for hydroxylation is 1. The van der Waals surface area contributed by atoms with Crippen LogP contribution in [0.25, 0.3) is 28.6 Å². The highest BCUT2D eigenvalue weighted by atomic mass is 35.5. The topological polar surface area (TPSA) is 91.3 Å². The third-order valence-corrected chi connectivity index (χ3v) is 4.66. The molecule has 0 radical (unpaired) electrons. The molecule has 5 rings (SSSR count). The highest BCUT2D eigenvalue weighted by molar-refractivity contribution is 5.85. The van der Waals surface area contributed by atoms with Crippen LogP contribution in [0.15, 0.2) is 42.7 Å². The zero-order valence-corrected chi connectivity index (χ0v) is 16.2. The van der Waals surface area contributed by atoms with E-state index in [1.165, 1.54) is 5.69 Å². The molecule has 28 heavy (non-hydrogen) atoms. The maximum atomic E-state index is 4.73. The van der Waals surface area contributed by atoms with Gasteiger partial charge in [0, 0.05) is 36.7 Å². The first kappa shape index (κ1) is 18.3. The summed E-state index contributed by atoms with van der Waals surface area (Å²) in [4.78, 5) is 6.12. The fraction of sp³-hybridized carbons (Fsp3) is 0.278. The van der Waals surface area contributed by atoms with Gasteiger partial charge in [-0.2, -0.15) is 9.90 Å². The molecule has 0 saturated carbocycles. The summed E-state index contributed by atoms with van der Waals surface area (Å²) in [5.74, 6) is 1.43. The standard InChI is InChI=1S/C18H19N9.ClH/c1-2-27-23-17(21-24-27)13-4-3-5-14(10-13)25-8-7-20-18(25)16-11-15-12-19-6-9-26(15)22-16;/h3-5,7-8,10-11,19H,2,6,9,12H2,1H3;1H. The number of nitrogens with one attached hydrogen (secondary N) is 1. The molecular formula is C18H20ClN9. The lowest BCUT2D eigenvalue weighted by Gasteiger charge is -2.13. The summed E-state index contributed by atoms with van der Waals surface area (Å²) >= 11 is 0. The second-order valence-corrected chi connectivity index (χ2v) is 6.39. The number of hydrogen-bond acceptors (Lipinski definition) is 6. The Morgan fingerprint density at radius 1 is 1.18 bits per heavy atom. The molecule has 10 heteroatoms. The van der Waals surface area contributed by atoms with Gasteiger partial charge in [-0.05, 0) is 30.3 Å². The first-order valence-corrected chi connectivity index (χ1v) is 9.01. The van der Waals surface area contributed by atoms with Gasteiger partial charge in [-0.1, -0.05) is 12.1 Å². The normalized spacial score (nSPS) is 13.2. The van der Waals surface area contributed by atoms with E-state index in [0.29, 0.717) is 12.4 Å². The SMILES string of the molecule is CCn1nnc(-c2cccc(-n3ccnc3-c3cc4n(n3)CCNC4)c2)n1.Cl. The minimum atomic E-state index is 0. The summed E-state index contributed by atoms with van der Waals surface area (Å²) in [5, 5.41) is 20.7. The molecule has 0 atom stereocenters. The van der Waals surface area contributed by atoms with E-state index >= 15 is 0 Å². The van der Waals surface area contributed by atoms with E-state index in [2.05, 4.69) is 31.8 Å². The second kappa shape index (κ2) is 7.53. The van der Waals surface area contributed by atoms with Gasteiger partial charge in [0.25, 0.3) is 0 Å². The first-order valence-electron chi connectivity index (χ1n) is 9.01. The highest BCUT2D eigenvalue weighted by Gasteiger charge is 2.17. The van der Waals surface area contributed by atoms with Crippen LogP contribution in [0.4, 0.5) is 0 Å². The molecule has 0 saturated heterocycles. The molecule has 4 aromatic rings. The Morgan fingerprint density at radius 2 is 2.11 bits per heavy atom. The van der Waals surface area contributed by atoms with E-state index < -0.39 is 0 Å². The number of nitrogens with zero attached hydrogens (tertiary/aromatic N) is 8. The van der Waals surface area contributed by atoms with Gasteiger partial charge in [-0.25, -0.2) is 4.98 Å². The summed E-state index contributed by atoms with van der Waals surface area (Å²) in [5.41, 5.74) is 3.95. The van der Waals surface area contributed by atoms with Crippen LogP contribution in [-0.2, 0) is 19.6 Å². The van der Waals surface area contributed by atoms with Crippen molar-refractivity contribution in [2.24, 2.45) is 0 Å². The Kier molecular flexibility index (Phi) is 4.93. The van der Waals surface area contributed by atoms with E-state index in [-0.39, 0.29) is 12.4 Å². The fourth-order valence-corrected chi connectivity index (χ4v) is 3.29. The number of rotatable bonds is 4. The molecular weight excluding hydrogens is 378 g/mol. The summed E-state index contributed by atoms with van der Waals surface area (Å²) < 4.78 is 4.09. The van der Waals surface area contributed by atoms with E-state index in [0.717, 1.165) is 42.4 Å². The van der Waals surface area contributed by atoms with Crippen LogP contribution in [0.5, 0.6) is 0 Å². The van der Waals surface area contributed by atoms with Crippen LogP contribution in [0, 0.1) is 0 Å². The highest BCUT2D eigenvalue weighted by Crippen LogP contribution is 2.24. The molecule has 0 amide bonds. The average molecular weight is 398 g/mol. The molecule has 1 aliphatic rings. The Hall–Kier alpha value is -3.04. The predicted molar refractivity (Wildman–Crippen MR) is 106 cm³/mol. The van der Waals surface area contributed by atoms with Gasteiger partial charge in [0.15, 0.2) is 5.82 Å². The maximum absolute atomic E-state index is 4.73. The fourth-order valence-electron chi connectivity index (χ4n) is 3.29. The van der Waals surface area contributed by atoms with Gasteiger partial charge in [0.05, 0.1) is 18.8 Å². The Balaban J connectivity index is 0.00000192. The van der Waals surface area contributed by atoms with Gasteiger partial charge in [0.1, 0.15) is 5.69 Å². The largest absolute Gasteiger partial charge is 0.309 e. The van der Waals surface area contributed by atoms with Crippen molar-refractivity contribution < 1.29 is 0 Å². The van der Waals surface area contributed by atoms with Crippen molar-refractivity contribution in [3.8, 4) is 28.6 Å². The number of benzene rings is 1. The van der Waals surface area contributed by atoms with Gasteiger partial charge >= 0.3 is 0 Å².